The summed E-state index contributed by atoms with van der Waals surface area (Å²) in [5, 5.41) is 9.21. The third kappa shape index (κ3) is 1.46. The Morgan fingerprint density at radius 3 is 3.05 bits per heavy atom. The number of aromatic nitrogens is 2. The van der Waals surface area contributed by atoms with E-state index in [0.717, 1.165) is 38.5 Å². The molecule has 100 valence electrons. The third-order valence-corrected chi connectivity index (χ3v) is 5.30. The number of fused-ring (bicyclic) bond motifs is 5. The van der Waals surface area contributed by atoms with Gasteiger partial charge in [0.05, 0.1) is 11.4 Å². The molecular weight excluding hydrogens is 340 g/mol. The number of carbonyl (C=O) groups is 1. The van der Waals surface area contributed by atoms with Crippen LogP contribution >= 0.6 is 27.3 Å². The van der Waals surface area contributed by atoms with E-state index in [1.807, 2.05) is 17.4 Å². The van der Waals surface area contributed by atoms with E-state index < -0.39 is 5.97 Å². The van der Waals surface area contributed by atoms with E-state index in [-0.39, 0.29) is 0 Å². The molecule has 0 aliphatic heterocycles. The van der Waals surface area contributed by atoms with Crippen LogP contribution in [0.1, 0.15) is 26.6 Å². The molecule has 1 aliphatic carbocycles. The van der Waals surface area contributed by atoms with Crippen LogP contribution in [0.5, 0.6) is 0 Å². The van der Waals surface area contributed by atoms with Gasteiger partial charge in [-0.1, -0.05) is 33.3 Å². The predicted octanol–water partition coefficient (Wildman–Crippen LogP) is 3.74. The van der Waals surface area contributed by atoms with E-state index >= 15 is 0 Å². The molecule has 0 amide bonds. The maximum absolute atomic E-state index is 11.2. The van der Waals surface area contributed by atoms with Gasteiger partial charge in [0.1, 0.15) is 4.88 Å². The molecular formula is C14H9BrN2O2S. The first-order chi connectivity index (χ1) is 9.56. The van der Waals surface area contributed by atoms with Crippen molar-refractivity contribution in [3.63, 3.8) is 0 Å². The smallest absolute Gasteiger partial charge is 0.347 e. The minimum Gasteiger partial charge on any atom is -0.477 e. The summed E-state index contributed by atoms with van der Waals surface area (Å²) in [5.74, 6) is -0.884. The first-order valence-corrected chi connectivity index (χ1v) is 7.70. The molecule has 0 saturated heterocycles. The second kappa shape index (κ2) is 3.93. The summed E-state index contributed by atoms with van der Waals surface area (Å²) in [6.45, 7) is 1.84. The van der Waals surface area contributed by atoms with E-state index in [1.54, 1.807) is 0 Å². The van der Waals surface area contributed by atoms with Gasteiger partial charge in [-0.05, 0) is 24.6 Å². The lowest BCUT2D eigenvalue weighted by atomic mass is 10.1. The van der Waals surface area contributed by atoms with Crippen molar-refractivity contribution in [3.05, 3.63) is 44.5 Å². The van der Waals surface area contributed by atoms with Crippen LogP contribution in [0, 0.1) is 6.92 Å². The fraction of sp³-hybridized carbons (Fsp3) is 0.143. The van der Waals surface area contributed by atoms with Crippen LogP contribution in [-0.2, 0) is 6.42 Å². The highest BCUT2D eigenvalue weighted by Gasteiger charge is 2.28. The molecule has 3 aromatic rings. The number of benzene rings is 1. The van der Waals surface area contributed by atoms with Gasteiger partial charge in [0, 0.05) is 22.2 Å². The summed E-state index contributed by atoms with van der Waals surface area (Å²) in [5.41, 5.74) is 5.22. The number of rotatable bonds is 1. The van der Waals surface area contributed by atoms with Crippen molar-refractivity contribution in [3.8, 4) is 11.3 Å². The summed E-state index contributed by atoms with van der Waals surface area (Å²) in [6, 6.07) is 6.18. The van der Waals surface area contributed by atoms with Gasteiger partial charge in [-0.25, -0.2) is 9.78 Å². The number of hydrogen-bond donors (Lipinski definition) is 1. The lowest BCUT2D eigenvalue weighted by Gasteiger charge is -1.99. The molecule has 2 aromatic heterocycles. The number of hydrogen-bond acceptors (Lipinski definition) is 3. The number of carboxylic acids is 1. The van der Waals surface area contributed by atoms with Crippen molar-refractivity contribution in [1.82, 2.24) is 9.38 Å². The number of aryl methyl sites for hydroxylation is 1. The monoisotopic (exact) mass is 348 g/mol. The van der Waals surface area contributed by atoms with Crippen LogP contribution in [0.15, 0.2) is 22.7 Å². The van der Waals surface area contributed by atoms with Crippen LogP contribution in [0.3, 0.4) is 0 Å². The van der Waals surface area contributed by atoms with E-state index in [1.165, 1.54) is 16.9 Å². The van der Waals surface area contributed by atoms with E-state index in [9.17, 15) is 9.90 Å². The largest absolute Gasteiger partial charge is 0.477 e. The van der Waals surface area contributed by atoms with Crippen LogP contribution in [-0.4, -0.2) is 20.5 Å². The summed E-state index contributed by atoms with van der Waals surface area (Å²) in [6.07, 6.45) is 0.794. The molecule has 0 atom stereocenters. The van der Waals surface area contributed by atoms with Crippen molar-refractivity contribution in [2.24, 2.45) is 0 Å². The summed E-state index contributed by atoms with van der Waals surface area (Å²) in [4.78, 5) is 17.0. The zero-order chi connectivity index (χ0) is 14.0. The molecule has 0 fully saturated rings. The van der Waals surface area contributed by atoms with Crippen molar-refractivity contribution in [1.29, 1.82) is 0 Å². The fourth-order valence-corrected chi connectivity index (χ4v) is 4.20. The number of imidazole rings is 1. The highest BCUT2D eigenvalue weighted by molar-refractivity contribution is 9.10. The molecule has 20 heavy (non-hydrogen) atoms. The predicted molar refractivity (Wildman–Crippen MR) is 80.7 cm³/mol. The fourth-order valence-electron chi connectivity index (χ4n) is 2.81. The van der Waals surface area contributed by atoms with Gasteiger partial charge < -0.3 is 5.11 Å². The first-order valence-electron chi connectivity index (χ1n) is 6.09. The maximum Gasteiger partial charge on any atom is 0.347 e. The SMILES string of the molecule is Cc1c(C(=O)O)sc2nc3c(n12)Cc1cc(Br)ccc1-3. The van der Waals surface area contributed by atoms with E-state index in [0.29, 0.717) is 4.88 Å². The molecule has 0 bridgehead atoms. The van der Waals surface area contributed by atoms with Gasteiger partial charge in [-0.3, -0.25) is 4.40 Å². The Kier molecular flexibility index (Phi) is 2.38. The Balaban J connectivity index is 2.00. The molecule has 4 rings (SSSR count). The number of nitrogens with zero attached hydrogens (tertiary/aromatic N) is 2. The number of carboxylic acid groups (broad SMARTS) is 1. The standard InChI is InChI=1S/C14H9BrN2O2S/c1-6-12(13(18)19)20-14-16-11-9-3-2-8(15)4-7(9)5-10(11)17(6)14/h2-4H,5H2,1H3,(H,18,19). The Labute approximate surface area is 126 Å². The van der Waals surface area contributed by atoms with Crippen molar-refractivity contribution >= 4 is 38.2 Å². The molecule has 6 heteroatoms. The van der Waals surface area contributed by atoms with E-state index in [2.05, 4.69) is 33.0 Å². The molecule has 0 saturated carbocycles. The van der Waals surface area contributed by atoms with Crippen molar-refractivity contribution in [2.75, 3.05) is 0 Å². The average molecular weight is 349 g/mol. The Hall–Kier alpha value is -1.66. The molecule has 0 radical (unpaired) electrons. The Morgan fingerprint density at radius 1 is 1.50 bits per heavy atom. The third-order valence-electron chi connectivity index (χ3n) is 3.67. The second-order valence-electron chi connectivity index (χ2n) is 4.83. The zero-order valence-electron chi connectivity index (χ0n) is 10.5. The first kappa shape index (κ1) is 12.1. The molecule has 1 aliphatic rings. The average Bonchev–Trinajstić information content (AvgIpc) is 2.98. The summed E-state index contributed by atoms with van der Waals surface area (Å²) in [7, 11) is 0. The van der Waals surface area contributed by atoms with Gasteiger partial charge >= 0.3 is 5.97 Å². The van der Waals surface area contributed by atoms with Gasteiger partial charge in [0.15, 0.2) is 4.96 Å². The quantitative estimate of drug-likeness (QED) is 0.570. The lowest BCUT2D eigenvalue weighted by Crippen LogP contribution is -1.99. The molecule has 0 unspecified atom stereocenters. The molecule has 4 nitrogen and oxygen atoms in total. The number of aromatic carboxylic acids is 1. The maximum atomic E-state index is 11.2. The van der Waals surface area contributed by atoms with Crippen LogP contribution < -0.4 is 0 Å². The molecule has 0 spiro atoms. The van der Waals surface area contributed by atoms with Gasteiger partial charge in [0.2, 0.25) is 0 Å². The summed E-state index contributed by atoms with van der Waals surface area (Å²) >= 11 is 4.72. The summed E-state index contributed by atoms with van der Waals surface area (Å²) < 4.78 is 3.04. The Morgan fingerprint density at radius 2 is 2.30 bits per heavy atom. The minimum atomic E-state index is -0.884. The molecule has 1 aromatic carbocycles. The molecule has 2 heterocycles. The van der Waals surface area contributed by atoms with E-state index in [4.69, 9.17) is 0 Å². The number of halogens is 1. The van der Waals surface area contributed by atoms with Gasteiger partial charge in [0.25, 0.3) is 0 Å². The number of thiazole rings is 1. The van der Waals surface area contributed by atoms with Crippen LogP contribution in [0.4, 0.5) is 0 Å². The normalized spacial score (nSPS) is 12.7. The molecule has 1 N–H and O–H groups in total. The van der Waals surface area contributed by atoms with Crippen LogP contribution in [0.25, 0.3) is 16.2 Å². The topological polar surface area (TPSA) is 54.6 Å². The Bertz CT molecular complexity index is 894. The minimum absolute atomic E-state index is 0.368. The highest BCUT2D eigenvalue weighted by atomic mass is 79.9. The highest BCUT2D eigenvalue weighted by Crippen LogP contribution is 2.40. The van der Waals surface area contributed by atoms with Gasteiger partial charge in [-0.15, -0.1) is 0 Å². The van der Waals surface area contributed by atoms with Crippen molar-refractivity contribution < 1.29 is 9.90 Å². The zero-order valence-corrected chi connectivity index (χ0v) is 12.9. The van der Waals surface area contributed by atoms with Crippen LogP contribution in [0.2, 0.25) is 0 Å². The van der Waals surface area contributed by atoms with Gasteiger partial charge in [-0.2, -0.15) is 0 Å². The lowest BCUT2D eigenvalue weighted by molar-refractivity contribution is 0.0701. The van der Waals surface area contributed by atoms with Crippen molar-refractivity contribution in [2.45, 2.75) is 13.3 Å². The second-order valence-corrected chi connectivity index (χ2v) is 6.72.